The molecular formula is C12H8ClFN4O4. The van der Waals surface area contributed by atoms with Gasteiger partial charge in [-0.15, -0.1) is 0 Å². The molecule has 0 spiro atoms. The maximum Gasteiger partial charge on any atom is 0.453 e. The smallest absolute Gasteiger partial charge is 0.414 e. The van der Waals surface area contributed by atoms with Crippen LogP contribution in [-0.4, -0.2) is 41.2 Å². The Bertz CT molecular complexity index is 849. The summed E-state index contributed by atoms with van der Waals surface area (Å²) in [5, 5.41) is 31.4. The Balaban J connectivity index is 2.20. The topological polar surface area (TPSA) is 114 Å². The number of nitrogens with zero attached hydrogens (tertiary/aromatic N) is 4. The third-order valence-corrected chi connectivity index (χ3v) is 3.02. The van der Waals surface area contributed by atoms with Gasteiger partial charge < -0.3 is 20.1 Å². The van der Waals surface area contributed by atoms with Gasteiger partial charge in [-0.25, -0.2) is 19.0 Å². The molecule has 3 N–H and O–H groups in total. The van der Waals surface area contributed by atoms with Crippen LogP contribution in [0.5, 0.6) is 5.75 Å². The van der Waals surface area contributed by atoms with Crippen molar-refractivity contribution in [3.63, 3.8) is 0 Å². The van der Waals surface area contributed by atoms with E-state index in [1.165, 1.54) is 23.3 Å². The predicted octanol–water partition coefficient (Wildman–Crippen LogP) is 0.575. The molecule has 0 bridgehead atoms. The third-order valence-electron chi connectivity index (χ3n) is 2.71. The molecule has 0 radical (unpaired) electrons. The van der Waals surface area contributed by atoms with E-state index < -0.39 is 12.0 Å². The van der Waals surface area contributed by atoms with Crippen molar-refractivity contribution in [3.8, 4) is 11.4 Å². The molecule has 0 amide bonds. The number of rotatable bonds is 3. The van der Waals surface area contributed by atoms with Crippen LogP contribution in [0.15, 0.2) is 30.7 Å². The van der Waals surface area contributed by atoms with Gasteiger partial charge in [-0.2, -0.15) is 5.10 Å². The zero-order chi connectivity index (χ0) is 15.9. The van der Waals surface area contributed by atoms with Crippen LogP contribution in [0.25, 0.3) is 16.7 Å². The summed E-state index contributed by atoms with van der Waals surface area (Å²) < 4.78 is 19.1. The average Bonchev–Trinajstić information content (AvgIpc) is 2.82. The first-order valence-corrected chi connectivity index (χ1v) is 6.23. The standard InChI is InChI=1S/C12H8ClFN4O4/c13-10-7-4-17-18(11(7)16-5-15-10)8-2-1-6(14)3-9(8)22-12(19,20)21/h1-5,19-21H. The quantitative estimate of drug-likeness (QED) is 0.476. The summed E-state index contributed by atoms with van der Waals surface area (Å²) in [7, 11) is 0. The molecule has 0 saturated carbocycles. The summed E-state index contributed by atoms with van der Waals surface area (Å²) in [6.07, 6.45) is -0.881. The van der Waals surface area contributed by atoms with Crippen molar-refractivity contribution in [1.82, 2.24) is 19.7 Å². The second-order valence-corrected chi connectivity index (χ2v) is 4.60. The van der Waals surface area contributed by atoms with Crippen LogP contribution < -0.4 is 4.74 Å². The Morgan fingerprint density at radius 3 is 2.73 bits per heavy atom. The van der Waals surface area contributed by atoms with Crippen molar-refractivity contribution in [2.75, 3.05) is 0 Å². The number of aliphatic hydroxyl groups is 3. The largest absolute Gasteiger partial charge is 0.453 e. The summed E-state index contributed by atoms with van der Waals surface area (Å²) in [5.74, 6) is -1.08. The lowest BCUT2D eigenvalue weighted by Crippen LogP contribution is -2.35. The predicted molar refractivity (Wildman–Crippen MR) is 71.6 cm³/mol. The minimum atomic E-state index is -3.47. The highest BCUT2D eigenvalue weighted by Crippen LogP contribution is 2.29. The summed E-state index contributed by atoms with van der Waals surface area (Å²) >= 11 is 5.91. The highest BCUT2D eigenvalue weighted by molar-refractivity contribution is 6.33. The van der Waals surface area contributed by atoms with Crippen molar-refractivity contribution in [2.24, 2.45) is 0 Å². The second kappa shape index (κ2) is 5.14. The van der Waals surface area contributed by atoms with Crippen LogP contribution >= 0.6 is 11.6 Å². The summed E-state index contributed by atoms with van der Waals surface area (Å²) in [6.45, 7) is 0. The van der Waals surface area contributed by atoms with Gasteiger partial charge in [0.25, 0.3) is 0 Å². The fourth-order valence-corrected chi connectivity index (χ4v) is 2.06. The van der Waals surface area contributed by atoms with Crippen molar-refractivity contribution in [1.29, 1.82) is 0 Å². The maximum atomic E-state index is 13.3. The molecule has 0 unspecified atom stereocenters. The van der Waals surface area contributed by atoms with Crippen molar-refractivity contribution in [3.05, 3.63) is 41.7 Å². The minimum Gasteiger partial charge on any atom is -0.414 e. The van der Waals surface area contributed by atoms with Crippen LogP contribution in [0, 0.1) is 5.82 Å². The monoisotopic (exact) mass is 326 g/mol. The number of halogens is 2. The van der Waals surface area contributed by atoms with Gasteiger partial charge in [-0.05, 0) is 12.1 Å². The lowest BCUT2D eigenvalue weighted by Gasteiger charge is -2.18. The number of hydrogen-bond acceptors (Lipinski definition) is 7. The zero-order valence-electron chi connectivity index (χ0n) is 10.7. The highest BCUT2D eigenvalue weighted by Gasteiger charge is 2.24. The first-order valence-electron chi connectivity index (χ1n) is 5.85. The lowest BCUT2D eigenvalue weighted by atomic mass is 10.3. The molecule has 1 aromatic carbocycles. The molecule has 0 saturated heterocycles. The molecule has 8 nitrogen and oxygen atoms in total. The van der Waals surface area contributed by atoms with E-state index in [2.05, 4.69) is 19.8 Å². The first kappa shape index (κ1) is 14.6. The van der Waals surface area contributed by atoms with Crippen molar-refractivity contribution in [2.45, 2.75) is 6.16 Å². The van der Waals surface area contributed by atoms with Crippen LogP contribution in [0.3, 0.4) is 0 Å². The van der Waals surface area contributed by atoms with E-state index in [4.69, 9.17) is 26.9 Å². The Morgan fingerprint density at radius 1 is 1.23 bits per heavy atom. The number of aromatic nitrogens is 4. The Morgan fingerprint density at radius 2 is 2.00 bits per heavy atom. The molecule has 114 valence electrons. The third kappa shape index (κ3) is 2.70. The summed E-state index contributed by atoms with van der Waals surface area (Å²) in [6, 6.07) is 3.22. The van der Waals surface area contributed by atoms with Crippen molar-refractivity contribution >= 4 is 22.6 Å². The molecule has 22 heavy (non-hydrogen) atoms. The molecule has 10 heteroatoms. The maximum absolute atomic E-state index is 13.3. The van der Waals surface area contributed by atoms with Crippen LogP contribution in [0.2, 0.25) is 5.15 Å². The lowest BCUT2D eigenvalue weighted by molar-refractivity contribution is -0.419. The molecule has 2 heterocycles. The van der Waals surface area contributed by atoms with E-state index in [1.807, 2.05) is 0 Å². The molecule has 0 aliphatic carbocycles. The number of benzene rings is 1. The van der Waals surface area contributed by atoms with Gasteiger partial charge in [0.15, 0.2) is 11.4 Å². The van der Waals surface area contributed by atoms with Gasteiger partial charge in [0.1, 0.15) is 23.0 Å². The van der Waals surface area contributed by atoms with E-state index in [0.717, 1.165) is 12.1 Å². The number of hydrogen-bond donors (Lipinski definition) is 3. The normalized spacial score (nSPS) is 11.9. The van der Waals surface area contributed by atoms with Gasteiger partial charge in [-0.1, -0.05) is 11.6 Å². The Kier molecular flexibility index (Phi) is 3.41. The molecule has 3 rings (SSSR count). The summed E-state index contributed by atoms with van der Waals surface area (Å²) in [4.78, 5) is 7.81. The molecule has 0 fully saturated rings. The van der Waals surface area contributed by atoms with Crippen LogP contribution in [0.1, 0.15) is 0 Å². The molecule has 0 aliphatic rings. The average molecular weight is 327 g/mol. The van der Waals surface area contributed by atoms with Gasteiger partial charge >= 0.3 is 6.16 Å². The van der Waals surface area contributed by atoms with Crippen LogP contribution in [-0.2, 0) is 0 Å². The molecular weight excluding hydrogens is 319 g/mol. The fraction of sp³-hybridized carbons (Fsp3) is 0.0833. The van der Waals surface area contributed by atoms with Gasteiger partial charge in [0, 0.05) is 6.07 Å². The molecule has 2 aromatic heterocycles. The molecule has 3 aromatic rings. The Labute approximate surface area is 127 Å². The van der Waals surface area contributed by atoms with Crippen molar-refractivity contribution < 1.29 is 24.4 Å². The molecule has 0 aliphatic heterocycles. The first-order chi connectivity index (χ1) is 10.3. The minimum absolute atomic E-state index is 0.104. The molecule has 0 atom stereocenters. The zero-order valence-corrected chi connectivity index (χ0v) is 11.4. The SMILES string of the molecule is OC(O)(O)Oc1cc(F)ccc1-n1ncc2c(Cl)ncnc21. The van der Waals surface area contributed by atoms with Gasteiger partial charge in [-0.3, -0.25) is 0 Å². The van der Waals surface area contributed by atoms with Gasteiger partial charge in [0.05, 0.1) is 11.6 Å². The van der Waals surface area contributed by atoms with Crippen LogP contribution in [0.4, 0.5) is 4.39 Å². The Hall–Kier alpha value is -2.33. The van der Waals surface area contributed by atoms with E-state index in [1.54, 1.807) is 0 Å². The highest BCUT2D eigenvalue weighted by atomic mass is 35.5. The van der Waals surface area contributed by atoms with E-state index in [0.29, 0.717) is 5.39 Å². The fourth-order valence-electron chi connectivity index (χ4n) is 1.88. The van der Waals surface area contributed by atoms with Gasteiger partial charge in [0.2, 0.25) is 0 Å². The number of ether oxygens (including phenoxy) is 1. The summed E-state index contributed by atoms with van der Waals surface area (Å²) in [5.41, 5.74) is 0.392. The van der Waals surface area contributed by atoms with E-state index in [-0.39, 0.29) is 22.2 Å². The van der Waals surface area contributed by atoms with E-state index >= 15 is 0 Å². The second-order valence-electron chi connectivity index (χ2n) is 4.25. The van der Waals surface area contributed by atoms with E-state index in [9.17, 15) is 4.39 Å². The number of fused-ring (bicyclic) bond motifs is 1.